The molecule has 4 rings (SSSR count). The SMILES string of the molecule is CC(C)(C)OC(=O)N1CCC[C@@H]1CNc1nc2ccccc2n1Cc1ccc(Cl)cc1Cl. The minimum absolute atomic E-state index is 0.0530. The van der Waals surface area contributed by atoms with Crippen molar-refractivity contribution in [1.82, 2.24) is 14.5 Å². The van der Waals surface area contributed by atoms with E-state index in [-0.39, 0.29) is 12.1 Å². The molecule has 0 saturated carbocycles. The summed E-state index contributed by atoms with van der Waals surface area (Å²) in [6.45, 7) is 7.52. The number of amides is 1. The number of benzene rings is 2. The van der Waals surface area contributed by atoms with E-state index in [9.17, 15) is 4.79 Å². The van der Waals surface area contributed by atoms with Gasteiger partial charge in [-0.25, -0.2) is 9.78 Å². The number of carbonyl (C=O) groups excluding carboxylic acids is 1. The first-order chi connectivity index (χ1) is 15.2. The average molecular weight is 475 g/mol. The molecule has 1 fully saturated rings. The molecule has 0 bridgehead atoms. The Hall–Kier alpha value is -2.44. The predicted octanol–water partition coefficient (Wildman–Crippen LogP) is 6.20. The molecule has 1 aliphatic heterocycles. The van der Waals surface area contributed by atoms with Gasteiger partial charge in [-0.15, -0.1) is 0 Å². The number of rotatable bonds is 5. The molecule has 6 nitrogen and oxygen atoms in total. The van der Waals surface area contributed by atoms with Crippen LogP contribution in [0.1, 0.15) is 39.2 Å². The lowest BCUT2D eigenvalue weighted by Gasteiger charge is -2.28. The van der Waals surface area contributed by atoms with Gasteiger partial charge < -0.3 is 19.5 Å². The number of carbonyl (C=O) groups is 1. The second-order valence-corrected chi connectivity index (χ2v) is 9.94. The van der Waals surface area contributed by atoms with Gasteiger partial charge in [-0.2, -0.15) is 0 Å². The van der Waals surface area contributed by atoms with Crippen LogP contribution in [0.15, 0.2) is 42.5 Å². The largest absolute Gasteiger partial charge is 0.444 e. The Balaban J connectivity index is 1.55. The quantitative estimate of drug-likeness (QED) is 0.477. The molecule has 0 aliphatic carbocycles. The molecule has 170 valence electrons. The van der Waals surface area contributed by atoms with Crippen LogP contribution in [0.2, 0.25) is 10.0 Å². The van der Waals surface area contributed by atoms with E-state index in [0.717, 1.165) is 35.4 Å². The van der Waals surface area contributed by atoms with Crippen LogP contribution in [0.25, 0.3) is 11.0 Å². The number of nitrogens with one attached hydrogen (secondary N) is 1. The molecular weight excluding hydrogens is 447 g/mol. The zero-order valence-electron chi connectivity index (χ0n) is 18.6. The molecule has 1 saturated heterocycles. The molecule has 1 aromatic heterocycles. The minimum atomic E-state index is -0.510. The molecule has 32 heavy (non-hydrogen) atoms. The Labute approximate surface area is 198 Å². The van der Waals surface area contributed by atoms with Crippen LogP contribution < -0.4 is 5.32 Å². The molecule has 0 radical (unpaired) electrons. The topological polar surface area (TPSA) is 59.4 Å². The van der Waals surface area contributed by atoms with E-state index in [2.05, 4.69) is 9.88 Å². The molecule has 0 unspecified atom stereocenters. The maximum Gasteiger partial charge on any atom is 0.410 e. The second-order valence-electron chi connectivity index (χ2n) is 9.10. The second kappa shape index (κ2) is 9.20. The third kappa shape index (κ3) is 5.13. The van der Waals surface area contributed by atoms with Gasteiger partial charge in [0.2, 0.25) is 5.95 Å². The molecular formula is C24H28Cl2N4O2. The average Bonchev–Trinajstić information content (AvgIpc) is 3.32. The number of ether oxygens (including phenoxy) is 1. The summed E-state index contributed by atoms with van der Waals surface area (Å²) in [4.78, 5) is 19.2. The fraction of sp³-hybridized carbons (Fsp3) is 0.417. The van der Waals surface area contributed by atoms with Gasteiger partial charge in [-0.1, -0.05) is 41.4 Å². The van der Waals surface area contributed by atoms with Crippen molar-refractivity contribution < 1.29 is 9.53 Å². The van der Waals surface area contributed by atoms with Gasteiger partial charge >= 0.3 is 6.09 Å². The fourth-order valence-electron chi connectivity index (χ4n) is 4.01. The summed E-state index contributed by atoms with van der Waals surface area (Å²) in [5.74, 6) is 0.744. The Kier molecular flexibility index (Phi) is 6.54. The summed E-state index contributed by atoms with van der Waals surface area (Å²) in [5.41, 5.74) is 2.36. The van der Waals surface area contributed by atoms with E-state index >= 15 is 0 Å². The Bertz CT molecular complexity index is 1120. The van der Waals surface area contributed by atoms with E-state index in [1.54, 1.807) is 6.07 Å². The van der Waals surface area contributed by atoms with Gasteiger partial charge in [0.25, 0.3) is 0 Å². The summed E-state index contributed by atoms with van der Waals surface area (Å²) >= 11 is 12.5. The number of nitrogens with zero attached hydrogens (tertiary/aromatic N) is 3. The Morgan fingerprint density at radius 2 is 2.00 bits per heavy atom. The van der Waals surface area contributed by atoms with Gasteiger partial charge in [0.15, 0.2) is 0 Å². The van der Waals surface area contributed by atoms with Gasteiger partial charge in [-0.3, -0.25) is 0 Å². The Morgan fingerprint density at radius 3 is 2.75 bits per heavy atom. The zero-order valence-corrected chi connectivity index (χ0v) is 20.1. The van der Waals surface area contributed by atoms with Crippen molar-refractivity contribution in [1.29, 1.82) is 0 Å². The molecule has 1 amide bonds. The number of para-hydroxylation sites is 2. The third-order valence-electron chi connectivity index (χ3n) is 5.50. The first-order valence-electron chi connectivity index (χ1n) is 10.8. The highest BCUT2D eigenvalue weighted by atomic mass is 35.5. The maximum absolute atomic E-state index is 12.6. The molecule has 8 heteroatoms. The van der Waals surface area contributed by atoms with Crippen molar-refractivity contribution >= 4 is 46.3 Å². The molecule has 1 aliphatic rings. The van der Waals surface area contributed by atoms with Crippen LogP contribution in [0.3, 0.4) is 0 Å². The summed E-state index contributed by atoms with van der Waals surface area (Å²) in [6, 6.07) is 13.6. The van der Waals surface area contributed by atoms with E-state index in [4.69, 9.17) is 32.9 Å². The highest BCUT2D eigenvalue weighted by molar-refractivity contribution is 6.35. The highest BCUT2D eigenvalue weighted by Gasteiger charge is 2.32. The van der Waals surface area contributed by atoms with Crippen molar-refractivity contribution in [2.75, 3.05) is 18.4 Å². The molecule has 2 heterocycles. The summed E-state index contributed by atoms with van der Waals surface area (Å²) in [5, 5.41) is 4.70. The van der Waals surface area contributed by atoms with Crippen molar-refractivity contribution in [3.05, 3.63) is 58.1 Å². The number of aromatic nitrogens is 2. The van der Waals surface area contributed by atoms with Gasteiger partial charge in [-0.05, 0) is 63.4 Å². The van der Waals surface area contributed by atoms with E-state index in [1.807, 2.05) is 62.1 Å². The molecule has 1 atom stereocenters. The van der Waals surface area contributed by atoms with Crippen molar-refractivity contribution in [2.45, 2.75) is 51.8 Å². The van der Waals surface area contributed by atoms with Crippen LogP contribution in [-0.4, -0.2) is 45.3 Å². The first-order valence-corrected chi connectivity index (χ1v) is 11.6. The van der Waals surface area contributed by atoms with E-state index in [0.29, 0.717) is 29.7 Å². The number of hydrogen-bond acceptors (Lipinski definition) is 4. The maximum atomic E-state index is 12.6. The predicted molar refractivity (Wildman–Crippen MR) is 130 cm³/mol. The number of likely N-dealkylation sites (tertiary alicyclic amines) is 1. The van der Waals surface area contributed by atoms with Crippen LogP contribution in [-0.2, 0) is 11.3 Å². The smallest absolute Gasteiger partial charge is 0.410 e. The molecule has 3 aromatic rings. The van der Waals surface area contributed by atoms with Gasteiger partial charge in [0.1, 0.15) is 5.60 Å². The van der Waals surface area contributed by atoms with Gasteiger partial charge in [0.05, 0.1) is 23.6 Å². The summed E-state index contributed by atoms with van der Waals surface area (Å²) in [7, 11) is 0. The number of anilines is 1. The van der Waals surface area contributed by atoms with Crippen molar-refractivity contribution in [2.24, 2.45) is 0 Å². The van der Waals surface area contributed by atoms with Crippen LogP contribution in [0.4, 0.5) is 10.7 Å². The molecule has 1 N–H and O–H groups in total. The Morgan fingerprint density at radius 1 is 1.22 bits per heavy atom. The standard InChI is InChI=1S/C24H28Cl2N4O2/c1-24(2,3)32-23(31)29-12-6-7-18(29)14-27-22-28-20-8-4-5-9-21(20)30(22)15-16-10-11-17(25)13-19(16)26/h4-5,8-11,13,18H,6-7,12,14-15H2,1-3H3,(H,27,28)/t18-/m1/s1. The van der Waals surface area contributed by atoms with Gasteiger partial charge in [0, 0.05) is 23.1 Å². The monoisotopic (exact) mass is 474 g/mol. The van der Waals surface area contributed by atoms with Crippen molar-refractivity contribution in [3.8, 4) is 0 Å². The summed E-state index contributed by atoms with van der Waals surface area (Å²) in [6.07, 6.45) is 1.63. The lowest BCUT2D eigenvalue weighted by atomic mass is 10.2. The van der Waals surface area contributed by atoms with Crippen LogP contribution in [0.5, 0.6) is 0 Å². The molecule has 2 aromatic carbocycles. The number of hydrogen-bond donors (Lipinski definition) is 1. The normalized spacial score (nSPS) is 16.5. The van der Waals surface area contributed by atoms with Crippen molar-refractivity contribution in [3.63, 3.8) is 0 Å². The molecule has 0 spiro atoms. The minimum Gasteiger partial charge on any atom is -0.444 e. The number of halogens is 2. The number of imidazole rings is 1. The highest BCUT2D eigenvalue weighted by Crippen LogP contribution is 2.27. The first kappa shape index (κ1) is 22.7. The van der Waals surface area contributed by atoms with Crippen LogP contribution in [0, 0.1) is 0 Å². The fourth-order valence-corrected chi connectivity index (χ4v) is 4.48. The third-order valence-corrected chi connectivity index (χ3v) is 6.09. The van der Waals surface area contributed by atoms with Crippen LogP contribution >= 0.6 is 23.2 Å². The lowest BCUT2D eigenvalue weighted by molar-refractivity contribution is 0.0235. The van der Waals surface area contributed by atoms with E-state index in [1.165, 1.54) is 0 Å². The zero-order chi connectivity index (χ0) is 22.9. The summed E-state index contributed by atoms with van der Waals surface area (Å²) < 4.78 is 7.70. The lowest BCUT2D eigenvalue weighted by Crippen LogP contribution is -2.42. The number of fused-ring (bicyclic) bond motifs is 1. The van der Waals surface area contributed by atoms with E-state index < -0.39 is 5.60 Å².